The third-order valence-corrected chi connectivity index (χ3v) is 4.53. The molecule has 6 heteroatoms. The van der Waals surface area contributed by atoms with E-state index in [1.807, 2.05) is 24.4 Å². The molecule has 0 spiro atoms. The Bertz CT molecular complexity index is 547. The maximum atomic E-state index is 12.1. The van der Waals surface area contributed by atoms with E-state index in [0.717, 1.165) is 15.0 Å². The van der Waals surface area contributed by atoms with E-state index in [-0.39, 0.29) is 11.8 Å². The van der Waals surface area contributed by atoms with Crippen molar-refractivity contribution in [3.05, 3.63) is 45.1 Å². The Balaban J connectivity index is 2.09. The molecule has 0 aliphatic carbocycles. The third-order valence-electron chi connectivity index (χ3n) is 2.48. The minimum atomic E-state index is -2.81. The molecule has 1 unspecified atom stereocenters. The average Bonchev–Trinajstić information content (AvgIpc) is 2.75. The lowest BCUT2D eigenvalue weighted by Crippen LogP contribution is -2.06. The van der Waals surface area contributed by atoms with E-state index >= 15 is 0 Å². The summed E-state index contributed by atoms with van der Waals surface area (Å²) in [6, 6.07) is 8.62. The van der Waals surface area contributed by atoms with Crippen molar-refractivity contribution in [3.8, 4) is 5.75 Å². The zero-order chi connectivity index (χ0) is 13.8. The first-order valence-corrected chi connectivity index (χ1v) is 7.28. The van der Waals surface area contributed by atoms with Gasteiger partial charge in [0.1, 0.15) is 5.75 Å². The van der Waals surface area contributed by atoms with E-state index in [9.17, 15) is 8.78 Å². The van der Waals surface area contributed by atoms with Crippen LogP contribution in [0.4, 0.5) is 14.5 Å². The summed E-state index contributed by atoms with van der Waals surface area (Å²) in [5.74, 6) is 0.150. The number of hydrogen-bond donors (Lipinski definition) is 1. The van der Waals surface area contributed by atoms with Crippen LogP contribution in [0.1, 0.15) is 17.8 Å². The highest BCUT2D eigenvalue weighted by atomic mass is 79.9. The van der Waals surface area contributed by atoms with E-state index in [4.69, 9.17) is 0 Å². The molecular weight excluding hydrogens is 336 g/mol. The molecule has 0 saturated carbocycles. The van der Waals surface area contributed by atoms with Crippen molar-refractivity contribution >= 4 is 33.0 Å². The number of rotatable bonds is 5. The molecule has 2 rings (SSSR count). The second kappa shape index (κ2) is 6.34. The van der Waals surface area contributed by atoms with E-state index in [1.54, 1.807) is 23.5 Å². The monoisotopic (exact) mass is 347 g/mol. The first kappa shape index (κ1) is 14.3. The molecule has 0 aliphatic heterocycles. The highest BCUT2D eigenvalue weighted by Gasteiger charge is 2.11. The molecule has 1 heterocycles. The summed E-state index contributed by atoms with van der Waals surface area (Å²) in [5, 5.41) is 5.25. The average molecular weight is 348 g/mol. The molecule has 1 N–H and O–H groups in total. The molecule has 0 saturated heterocycles. The van der Waals surface area contributed by atoms with Crippen molar-refractivity contribution in [2.75, 3.05) is 5.32 Å². The molecule has 102 valence electrons. The normalized spacial score (nSPS) is 12.5. The fourth-order valence-corrected chi connectivity index (χ4v) is 3.42. The summed E-state index contributed by atoms with van der Waals surface area (Å²) in [6.45, 7) is -0.795. The molecule has 1 aromatic heterocycles. The Morgan fingerprint density at radius 1 is 1.32 bits per heavy atom. The highest BCUT2D eigenvalue weighted by molar-refractivity contribution is 9.10. The Morgan fingerprint density at radius 3 is 2.74 bits per heavy atom. The summed E-state index contributed by atoms with van der Waals surface area (Å²) in [7, 11) is 0. The SMILES string of the molecule is CC(Nc1cccc(OC(F)F)c1)c1sccc1Br. The van der Waals surface area contributed by atoms with Crippen molar-refractivity contribution in [2.45, 2.75) is 19.6 Å². The van der Waals surface area contributed by atoms with E-state index in [2.05, 4.69) is 26.0 Å². The van der Waals surface area contributed by atoms with Gasteiger partial charge in [0.05, 0.1) is 6.04 Å². The molecule has 0 amide bonds. The predicted octanol–water partition coefficient (Wildman–Crippen LogP) is 5.29. The largest absolute Gasteiger partial charge is 0.435 e. The molecule has 0 aliphatic rings. The lowest BCUT2D eigenvalue weighted by Gasteiger charge is -2.15. The lowest BCUT2D eigenvalue weighted by molar-refractivity contribution is -0.0498. The smallest absolute Gasteiger partial charge is 0.387 e. The molecule has 0 fully saturated rings. The van der Waals surface area contributed by atoms with Crippen LogP contribution < -0.4 is 10.1 Å². The quantitative estimate of drug-likeness (QED) is 0.793. The molecular formula is C13H12BrF2NOS. The second-order valence-electron chi connectivity index (χ2n) is 3.91. The Labute approximate surface area is 122 Å². The summed E-state index contributed by atoms with van der Waals surface area (Å²) in [6.07, 6.45) is 0. The van der Waals surface area contributed by atoms with Gasteiger partial charge in [-0.1, -0.05) is 6.07 Å². The first-order chi connectivity index (χ1) is 9.06. The van der Waals surface area contributed by atoms with Crippen LogP contribution in [0.2, 0.25) is 0 Å². The van der Waals surface area contributed by atoms with E-state index in [0.29, 0.717) is 0 Å². The van der Waals surface area contributed by atoms with Crippen LogP contribution in [0.5, 0.6) is 5.75 Å². The van der Waals surface area contributed by atoms with Crippen LogP contribution in [-0.4, -0.2) is 6.61 Å². The van der Waals surface area contributed by atoms with Gasteiger partial charge in [0, 0.05) is 21.1 Å². The summed E-state index contributed by atoms with van der Waals surface area (Å²) in [5.41, 5.74) is 0.742. The standard InChI is InChI=1S/C13H12BrF2NOS/c1-8(12-11(14)5-6-19-12)17-9-3-2-4-10(7-9)18-13(15)16/h2-8,13,17H,1H3. The molecule has 0 bridgehead atoms. The second-order valence-corrected chi connectivity index (χ2v) is 5.71. The summed E-state index contributed by atoms with van der Waals surface area (Å²) >= 11 is 5.11. The summed E-state index contributed by atoms with van der Waals surface area (Å²) in [4.78, 5) is 1.15. The van der Waals surface area contributed by atoms with Crippen molar-refractivity contribution in [1.29, 1.82) is 0 Å². The first-order valence-electron chi connectivity index (χ1n) is 5.60. The van der Waals surface area contributed by atoms with Crippen molar-refractivity contribution in [3.63, 3.8) is 0 Å². The van der Waals surface area contributed by atoms with Crippen LogP contribution in [0, 0.1) is 0 Å². The topological polar surface area (TPSA) is 21.3 Å². The Kier molecular flexibility index (Phi) is 4.76. The van der Waals surface area contributed by atoms with E-state index in [1.165, 1.54) is 6.07 Å². The maximum Gasteiger partial charge on any atom is 0.387 e. The number of thiophene rings is 1. The van der Waals surface area contributed by atoms with Gasteiger partial charge in [-0.15, -0.1) is 11.3 Å². The predicted molar refractivity (Wildman–Crippen MR) is 77.1 cm³/mol. The number of hydrogen-bond acceptors (Lipinski definition) is 3. The minimum Gasteiger partial charge on any atom is -0.435 e. The molecule has 0 radical (unpaired) electrons. The number of anilines is 1. The maximum absolute atomic E-state index is 12.1. The highest BCUT2D eigenvalue weighted by Crippen LogP contribution is 2.31. The van der Waals surface area contributed by atoms with Crippen molar-refractivity contribution in [1.82, 2.24) is 0 Å². The fourth-order valence-electron chi connectivity index (χ4n) is 1.69. The van der Waals surface area contributed by atoms with Crippen LogP contribution >= 0.6 is 27.3 Å². The van der Waals surface area contributed by atoms with Crippen LogP contribution in [0.3, 0.4) is 0 Å². The zero-order valence-electron chi connectivity index (χ0n) is 10.1. The number of halogens is 3. The van der Waals surface area contributed by atoms with Gasteiger partial charge < -0.3 is 10.1 Å². The number of nitrogens with one attached hydrogen (secondary N) is 1. The number of alkyl halides is 2. The van der Waals surface area contributed by atoms with Gasteiger partial charge in [0.25, 0.3) is 0 Å². The molecule has 19 heavy (non-hydrogen) atoms. The van der Waals surface area contributed by atoms with Gasteiger partial charge in [-0.25, -0.2) is 0 Å². The molecule has 1 atom stereocenters. The fraction of sp³-hybridized carbons (Fsp3) is 0.231. The van der Waals surface area contributed by atoms with Gasteiger partial charge in [-0.05, 0) is 46.4 Å². The van der Waals surface area contributed by atoms with Gasteiger partial charge in [0.15, 0.2) is 0 Å². The molecule has 1 aromatic carbocycles. The number of ether oxygens (including phenoxy) is 1. The lowest BCUT2D eigenvalue weighted by atomic mass is 10.2. The van der Waals surface area contributed by atoms with Crippen LogP contribution in [0.25, 0.3) is 0 Å². The van der Waals surface area contributed by atoms with E-state index < -0.39 is 6.61 Å². The molecule has 2 aromatic rings. The van der Waals surface area contributed by atoms with Crippen molar-refractivity contribution in [2.24, 2.45) is 0 Å². The minimum absolute atomic E-state index is 0.0798. The summed E-state index contributed by atoms with van der Waals surface area (Å²) < 4.78 is 29.7. The Morgan fingerprint density at radius 2 is 2.11 bits per heavy atom. The van der Waals surface area contributed by atoms with Crippen LogP contribution in [-0.2, 0) is 0 Å². The van der Waals surface area contributed by atoms with Crippen molar-refractivity contribution < 1.29 is 13.5 Å². The van der Waals surface area contributed by atoms with Gasteiger partial charge in [-0.3, -0.25) is 0 Å². The zero-order valence-corrected chi connectivity index (χ0v) is 12.5. The van der Waals surface area contributed by atoms with Gasteiger partial charge in [-0.2, -0.15) is 8.78 Å². The number of benzene rings is 1. The Hall–Kier alpha value is -1.14. The molecule has 2 nitrogen and oxygen atoms in total. The van der Waals surface area contributed by atoms with Gasteiger partial charge in [0.2, 0.25) is 0 Å². The van der Waals surface area contributed by atoms with Crippen LogP contribution in [0.15, 0.2) is 40.2 Å². The third kappa shape index (κ3) is 3.91. The van der Waals surface area contributed by atoms with Gasteiger partial charge >= 0.3 is 6.61 Å².